The van der Waals surface area contributed by atoms with E-state index in [0.29, 0.717) is 30.5 Å². The first-order chi connectivity index (χ1) is 19.2. The summed E-state index contributed by atoms with van der Waals surface area (Å²) in [5.41, 5.74) is 16.6. The molecule has 2 fully saturated rings. The molecule has 1 unspecified atom stereocenters. The fourth-order valence-corrected chi connectivity index (χ4v) is 6.43. The van der Waals surface area contributed by atoms with Gasteiger partial charge in [-0.3, -0.25) is 19.0 Å². The minimum absolute atomic E-state index is 0.0600. The monoisotopic (exact) mass is 544 g/mol. The van der Waals surface area contributed by atoms with Crippen molar-refractivity contribution in [3.8, 4) is 11.1 Å². The van der Waals surface area contributed by atoms with Gasteiger partial charge in [0, 0.05) is 34.8 Å². The number of hydrogen-bond acceptors (Lipinski definition) is 7. The van der Waals surface area contributed by atoms with Crippen LogP contribution in [0, 0.1) is 5.41 Å². The van der Waals surface area contributed by atoms with Crippen molar-refractivity contribution in [2.45, 2.75) is 82.6 Å². The summed E-state index contributed by atoms with van der Waals surface area (Å²) >= 11 is 0. The van der Waals surface area contributed by atoms with Gasteiger partial charge in [-0.25, -0.2) is 0 Å². The molecule has 2 aliphatic carbocycles. The largest absolute Gasteiger partial charge is 0.461 e. The van der Waals surface area contributed by atoms with Crippen LogP contribution in [0.3, 0.4) is 0 Å². The molecule has 1 amide bonds. The highest BCUT2D eigenvalue weighted by molar-refractivity contribution is 6.06. The molecule has 3 aromatic rings. The van der Waals surface area contributed by atoms with E-state index in [1.165, 1.54) is 6.92 Å². The Bertz CT molecular complexity index is 1500. The quantitative estimate of drug-likeness (QED) is 0.331. The lowest BCUT2D eigenvalue weighted by Gasteiger charge is -2.31. The highest BCUT2D eigenvalue weighted by atomic mass is 16.5. The molecule has 2 saturated carbocycles. The number of nitrogens with two attached hydrogens (primary N) is 2. The number of ether oxygens (including phenoxy) is 1. The molecule has 2 heterocycles. The minimum Gasteiger partial charge on any atom is -0.461 e. The molecule has 6 N–H and O–H groups in total. The first kappa shape index (κ1) is 26.5. The number of benzene rings is 2. The second-order valence-corrected chi connectivity index (χ2v) is 11.9. The van der Waals surface area contributed by atoms with E-state index in [9.17, 15) is 19.5 Å². The maximum absolute atomic E-state index is 13.3. The number of nitrogens with one attached hydrogen (secondary N) is 1. The maximum atomic E-state index is 13.3. The number of hydrogen-bond donors (Lipinski definition) is 4. The molecule has 0 radical (unpaired) electrons. The first-order valence-electron chi connectivity index (χ1n) is 14.2. The van der Waals surface area contributed by atoms with Crippen molar-refractivity contribution in [2.75, 3.05) is 5.32 Å². The van der Waals surface area contributed by atoms with Crippen molar-refractivity contribution in [2.24, 2.45) is 16.9 Å². The highest BCUT2D eigenvalue weighted by Gasteiger charge is 2.49. The second kappa shape index (κ2) is 10.1. The summed E-state index contributed by atoms with van der Waals surface area (Å²) in [6, 6.07) is 12.7. The Balaban J connectivity index is 1.28. The Morgan fingerprint density at radius 1 is 1.10 bits per heavy atom. The SMILES string of the molecule is CC(O)[C@H](N)C(=O)OC1CCC(Nc2cc(-c3c4n(c5ccccc35)C(=O)CC3(CC3)C4)ccc2C(N)=O)CC1. The zero-order valence-electron chi connectivity index (χ0n) is 22.7. The number of fused-ring (bicyclic) bond motifs is 3. The molecule has 1 aliphatic heterocycles. The van der Waals surface area contributed by atoms with Gasteiger partial charge < -0.3 is 26.6 Å². The number of para-hydroxylation sites is 1. The summed E-state index contributed by atoms with van der Waals surface area (Å²) in [5.74, 6) is -0.954. The Kier molecular flexibility index (Phi) is 6.67. The molecule has 1 aromatic heterocycles. The number of rotatable bonds is 7. The van der Waals surface area contributed by atoms with Crippen LogP contribution in [0.15, 0.2) is 42.5 Å². The van der Waals surface area contributed by atoms with Crippen LogP contribution in [0.4, 0.5) is 5.69 Å². The summed E-state index contributed by atoms with van der Waals surface area (Å²) < 4.78 is 7.41. The van der Waals surface area contributed by atoms with E-state index in [2.05, 4.69) is 11.4 Å². The number of carbonyl (C=O) groups is 3. The molecule has 0 saturated heterocycles. The molecule has 9 heteroatoms. The van der Waals surface area contributed by atoms with Crippen LogP contribution < -0.4 is 16.8 Å². The van der Waals surface area contributed by atoms with Crippen LogP contribution in [-0.4, -0.2) is 51.7 Å². The summed E-state index contributed by atoms with van der Waals surface area (Å²) in [6.45, 7) is 1.46. The Labute approximate surface area is 232 Å². The summed E-state index contributed by atoms with van der Waals surface area (Å²) in [7, 11) is 0. The normalized spacial score (nSPS) is 22.9. The lowest BCUT2D eigenvalue weighted by atomic mass is 9.88. The number of nitrogens with zero attached hydrogens (tertiary/aromatic N) is 1. The first-order valence-corrected chi connectivity index (χ1v) is 14.2. The third kappa shape index (κ3) is 4.77. The van der Waals surface area contributed by atoms with Gasteiger partial charge in [0.15, 0.2) is 0 Å². The van der Waals surface area contributed by atoms with Crippen molar-refractivity contribution >= 4 is 34.4 Å². The third-order valence-corrected chi connectivity index (χ3v) is 8.93. The van der Waals surface area contributed by atoms with E-state index >= 15 is 0 Å². The van der Waals surface area contributed by atoms with Gasteiger partial charge in [-0.1, -0.05) is 24.3 Å². The number of aliphatic hydroxyl groups is 1. The third-order valence-electron chi connectivity index (χ3n) is 8.93. The van der Waals surface area contributed by atoms with E-state index in [1.807, 2.05) is 34.9 Å². The minimum atomic E-state index is -1.06. The predicted molar refractivity (Wildman–Crippen MR) is 152 cm³/mol. The molecular weight excluding hydrogens is 508 g/mol. The number of carbonyl (C=O) groups excluding carboxylic acids is 3. The smallest absolute Gasteiger partial charge is 0.325 e. The van der Waals surface area contributed by atoms with Gasteiger partial charge in [0.05, 0.1) is 17.2 Å². The molecule has 9 nitrogen and oxygen atoms in total. The standard InChI is InChI=1S/C31H36N4O5/c1-17(36)28(32)30(39)40-20-9-7-19(8-10-20)34-23-14-18(6-11-21(23)29(33)38)27-22-4-2-3-5-24(22)35-25(27)15-31(12-13-31)16-26(35)37/h2-6,11,14,17,19-20,28,34,36H,7-10,12-13,15-16,32H2,1H3,(H2,33,38)/t17?,19?,20?,28-/m0/s1. The lowest BCUT2D eigenvalue weighted by Crippen LogP contribution is -2.43. The van der Waals surface area contributed by atoms with Crippen LogP contribution in [0.25, 0.3) is 22.0 Å². The fourth-order valence-electron chi connectivity index (χ4n) is 6.43. The molecule has 2 atom stereocenters. The summed E-state index contributed by atoms with van der Waals surface area (Å²) in [6.07, 6.45) is 5.13. The number of anilines is 1. The number of aliphatic hydroxyl groups excluding tert-OH is 1. The van der Waals surface area contributed by atoms with E-state index in [-0.39, 0.29) is 23.5 Å². The van der Waals surface area contributed by atoms with Gasteiger partial charge >= 0.3 is 5.97 Å². The topological polar surface area (TPSA) is 150 Å². The molecule has 40 heavy (non-hydrogen) atoms. The number of esters is 1. The number of amides is 1. The van der Waals surface area contributed by atoms with E-state index in [1.54, 1.807) is 6.07 Å². The molecule has 210 valence electrons. The van der Waals surface area contributed by atoms with E-state index in [0.717, 1.165) is 59.8 Å². The Morgan fingerprint density at radius 3 is 2.50 bits per heavy atom. The van der Waals surface area contributed by atoms with Crippen LogP contribution in [0.2, 0.25) is 0 Å². The van der Waals surface area contributed by atoms with Gasteiger partial charge in [0.1, 0.15) is 12.1 Å². The lowest BCUT2D eigenvalue weighted by molar-refractivity contribution is -0.154. The number of primary amides is 1. The van der Waals surface area contributed by atoms with Gasteiger partial charge in [0.2, 0.25) is 5.91 Å². The predicted octanol–water partition coefficient (Wildman–Crippen LogP) is 3.75. The molecule has 2 aromatic carbocycles. The fraction of sp³-hybridized carbons (Fsp3) is 0.452. The zero-order chi connectivity index (χ0) is 28.2. The summed E-state index contributed by atoms with van der Waals surface area (Å²) in [4.78, 5) is 37.8. The van der Waals surface area contributed by atoms with Gasteiger partial charge in [-0.05, 0) is 81.0 Å². The molecule has 1 spiro atoms. The average Bonchev–Trinajstić information content (AvgIpc) is 3.58. The molecule has 3 aliphatic rings. The van der Waals surface area contributed by atoms with Crippen molar-refractivity contribution in [3.63, 3.8) is 0 Å². The van der Waals surface area contributed by atoms with Crippen LogP contribution >= 0.6 is 0 Å². The van der Waals surface area contributed by atoms with Crippen LogP contribution in [-0.2, 0) is 16.0 Å². The van der Waals surface area contributed by atoms with E-state index < -0.39 is 24.0 Å². The maximum Gasteiger partial charge on any atom is 0.325 e. The Hall–Kier alpha value is -3.69. The van der Waals surface area contributed by atoms with Crippen LogP contribution in [0.5, 0.6) is 0 Å². The van der Waals surface area contributed by atoms with Crippen LogP contribution in [0.1, 0.15) is 72.7 Å². The van der Waals surface area contributed by atoms with Crippen molar-refractivity contribution < 1.29 is 24.2 Å². The number of aromatic nitrogens is 1. The second-order valence-electron chi connectivity index (χ2n) is 11.9. The molecule has 6 rings (SSSR count). The van der Waals surface area contributed by atoms with Crippen molar-refractivity contribution in [3.05, 3.63) is 53.7 Å². The van der Waals surface area contributed by atoms with Crippen molar-refractivity contribution in [1.29, 1.82) is 0 Å². The Morgan fingerprint density at radius 2 is 1.82 bits per heavy atom. The van der Waals surface area contributed by atoms with E-state index in [4.69, 9.17) is 16.2 Å². The molecular formula is C31H36N4O5. The van der Waals surface area contributed by atoms with Crippen molar-refractivity contribution in [1.82, 2.24) is 4.57 Å². The van der Waals surface area contributed by atoms with Gasteiger partial charge in [-0.2, -0.15) is 0 Å². The summed E-state index contributed by atoms with van der Waals surface area (Å²) in [5, 5.41) is 14.1. The van der Waals surface area contributed by atoms with Gasteiger partial charge in [-0.15, -0.1) is 0 Å². The zero-order valence-corrected chi connectivity index (χ0v) is 22.7. The van der Waals surface area contributed by atoms with Gasteiger partial charge in [0.25, 0.3) is 5.91 Å². The molecule has 0 bridgehead atoms. The highest BCUT2D eigenvalue weighted by Crippen LogP contribution is 2.56. The average molecular weight is 545 g/mol.